The molecule has 0 aromatic carbocycles. The predicted octanol–water partition coefficient (Wildman–Crippen LogP) is 1.10. The Labute approximate surface area is 99.4 Å². The molecule has 1 fully saturated rings. The molecular weight excluding hydrogens is 220 g/mol. The molecule has 92 valence electrons. The highest BCUT2D eigenvalue weighted by Crippen LogP contribution is 2.44. The van der Waals surface area contributed by atoms with Gasteiger partial charge in [0.15, 0.2) is 0 Å². The SMILES string of the molecule is CC1(C)CC1NC(=O)Cn1cccc1C(=O)O. The third kappa shape index (κ3) is 2.49. The first-order valence-electron chi connectivity index (χ1n) is 5.58. The highest BCUT2D eigenvalue weighted by Gasteiger charge is 2.46. The van der Waals surface area contributed by atoms with Gasteiger partial charge >= 0.3 is 5.97 Å². The average Bonchev–Trinajstić information content (AvgIpc) is 2.62. The molecule has 1 unspecified atom stereocenters. The number of nitrogens with one attached hydrogen (secondary N) is 1. The topological polar surface area (TPSA) is 71.3 Å². The zero-order valence-electron chi connectivity index (χ0n) is 9.93. The van der Waals surface area contributed by atoms with Crippen molar-refractivity contribution in [3.8, 4) is 0 Å². The molecule has 1 aromatic rings. The van der Waals surface area contributed by atoms with Crippen molar-refractivity contribution in [2.45, 2.75) is 32.9 Å². The third-order valence-corrected chi connectivity index (χ3v) is 3.21. The average molecular weight is 236 g/mol. The van der Waals surface area contributed by atoms with E-state index in [0.717, 1.165) is 6.42 Å². The molecule has 0 radical (unpaired) electrons. The molecule has 5 heteroatoms. The van der Waals surface area contributed by atoms with Crippen molar-refractivity contribution >= 4 is 11.9 Å². The van der Waals surface area contributed by atoms with Gasteiger partial charge in [-0.1, -0.05) is 13.8 Å². The van der Waals surface area contributed by atoms with E-state index in [0.29, 0.717) is 0 Å². The smallest absolute Gasteiger partial charge is 0.352 e. The number of nitrogens with zero attached hydrogens (tertiary/aromatic N) is 1. The van der Waals surface area contributed by atoms with Gasteiger partial charge in [-0.25, -0.2) is 4.79 Å². The van der Waals surface area contributed by atoms with Gasteiger partial charge in [-0.3, -0.25) is 4.79 Å². The fourth-order valence-electron chi connectivity index (χ4n) is 1.85. The quantitative estimate of drug-likeness (QED) is 0.822. The summed E-state index contributed by atoms with van der Waals surface area (Å²) in [4.78, 5) is 22.5. The first-order chi connectivity index (χ1) is 7.90. The van der Waals surface area contributed by atoms with E-state index in [1.54, 1.807) is 12.3 Å². The minimum absolute atomic E-state index is 0.0568. The standard InChI is InChI=1S/C12H16N2O3/c1-12(2)6-9(12)13-10(15)7-14-5-3-4-8(14)11(16)17/h3-5,9H,6-7H2,1-2H3,(H,13,15)(H,16,17). The van der Waals surface area contributed by atoms with Gasteiger partial charge in [-0.15, -0.1) is 0 Å². The summed E-state index contributed by atoms with van der Waals surface area (Å²) in [5.41, 5.74) is 0.317. The highest BCUT2D eigenvalue weighted by atomic mass is 16.4. The largest absolute Gasteiger partial charge is 0.477 e. The van der Waals surface area contributed by atoms with Gasteiger partial charge in [-0.05, 0) is 24.0 Å². The van der Waals surface area contributed by atoms with Crippen LogP contribution < -0.4 is 5.32 Å². The van der Waals surface area contributed by atoms with E-state index in [2.05, 4.69) is 19.2 Å². The summed E-state index contributed by atoms with van der Waals surface area (Å²) in [5.74, 6) is -1.16. The van der Waals surface area contributed by atoms with Gasteiger partial charge < -0.3 is 15.0 Å². The first kappa shape index (κ1) is 11.7. The maximum absolute atomic E-state index is 11.7. The summed E-state index contributed by atoms with van der Waals surface area (Å²) in [6.45, 7) is 4.24. The molecule has 1 amide bonds. The zero-order valence-corrected chi connectivity index (χ0v) is 9.93. The molecular formula is C12H16N2O3. The van der Waals surface area contributed by atoms with Gasteiger partial charge in [0.1, 0.15) is 12.2 Å². The molecule has 0 bridgehead atoms. The summed E-state index contributed by atoms with van der Waals surface area (Å²) >= 11 is 0. The van der Waals surface area contributed by atoms with E-state index in [1.807, 2.05) is 0 Å². The third-order valence-electron chi connectivity index (χ3n) is 3.21. The van der Waals surface area contributed by atoms with E-state index >= 15 is 0 Å². The second-order valence-electron chi connectivity index (χ2n) is 5.14. The number of aromatic carboxylic acids is 1. The molecule has 1 aliphatic rings. The summed E-state index contributed by atoms with van der Waals surface area (Å²) in [6.07, 6.45) is 2.58. The highest BCUT2D eigenvalue weighted by molar-refractivity contribution is 5.87. The van der Waals surface area contributed by atoms with E-state index in [4.69, 9.17) is 5.11 Å². The number of hydrogen-bond donors (Lipinski definition) is 2. The number of carboxylic acids is 1. The molecule has 5 nitrogen and oxygen atoms in total. The molecule has 1 atom stereocenters. The fraction of sp³-hybridized carbons (Fsp3) is 0.500. The van der Waals surface area contributed by atoms with Crippen LogP contribution in [-0.4, -0.2) is 27.6 Å². The van der Waals surface area contributed by atoms with Gasteiger partial charge in [0.25, 0.3) is 0 Å². The zero-order chi connectivity index (χ0) is 12.6. The van der Waals surface area contributed by atoms with Gasteiger partial charge in [0.05, 0.1) is 0 Å². The van der Waals surface area contributed by atoms with Crippen molar-refractivity contribution < 1.29 is 14.7 Å². The van der Waals surface area contributed by atoms with Crippen molar-refractivity contribution in [1.29, 1.82) is 0 Å². The molecule has 2 rings (SSSR count). The lowest BCUT2D eigenvalue weighted by Gasteiger charge is -2.09. The molecule has 0 aliphatic heterocycles. The Morgan fingerprint density at radius 1 is 1.59 bits per heavy atom. The van der Waals surface area contributed by atoms with Crippen molar-refractivity contribution in [1.82, 2.24) is 9.88 Å². The molecule has 1 saturated carbocycles. The monoisotopic (exact) mass is 236 g/mol. The minimum Gasteiger partial charge on any atom is -0.477 e. The van der Waals surface area contributed by atoms with E-state index in [9.17, 15) is 9.59 Å². The Balaban J connectivity index is 1.94. The van der Waals surface area contributed by atoms with Gasteiger partial charge in [0.2, 0.25) is 5.91 Å². The van der Waals surface area contributed by atoms with Crippen molar-refractivity contribution in [2.75, 3.05) is 0 Å². The Kier molecular flexibility index (Phi) is 2.69. The van der Waals surface area contributed by atoms with Crippen molar-refractivity contribution in [2.24, 2.45) is 5.41 Å². The first-order valence-corrected chi connectivity index (χ1v) is 5.58. The number of carboxylic acid groups (broad SMARTS) is 1. The van der Waals surface area contributed by atoms with Crippen LogP contribution in [0.25, 0.3) is 0 Å². The molecule has 2 N–H and O–H groups in total. The number of carbonyl (C=O) groups is 2. The maximum Gasteiger partial charge on any atom is 0.352 e. The molecule has 1 aliphatic carbocycles. The Bertz CT molecular complexity index is 462. The van der Waals surface area contributed by atoms with Crippen LogP contribution in [-0.2, 0) is 11.3 Å². The lowest BCUT2D eigenvalue weighted by atomic mass is 10.2. The van der Waals surface area contributed by atoms with Crippen LogP contribution in [0.5, 0.6) is 0 Å². The van der Waals surface area contributed by atoms with Crippen LogP contribution in [0.15, 0.2) is 18.3 Å². The van der Waals surface area contributed by atoms with Crippen molar-refractivity contribution in [3.05, 3.63) is 24.0 Å². The Hall–Kier alpha value is -1.78. The van der Waals surface area contributed by atoms with E-state index in [-0.39, 0.29) is 29.6 Å². The molecule has 1 heterocycles. The Morgan fingerprint density at radius 2 is 2.24 bits per heavy atom. The van der Waals surface area contributed by atoms with Crippen LogP contribution in [0, 0.1) is 5.41 Å². The van der Waals surface area contributed by atoms with Crippen LogP contribution >= 0.6 is 0 Å². The molecule has 17 heavy (non-hydrogen) atoms. The van der Waals surface area contributed by atoms with Crippen LogP contribution in [0.4, 0.5) is 0 Å². The van der Waals surface area contributed by atoms with E-state index in [1.165, 1.54) is 10.6 Å². The molecule has 0 spiro atoms. The molecule has 0 saturated heterocycles. The predicted molar refractivity (Wildman–Crippen MR) is 61.7 cm³/mol. The number of rotatable bonds is 4. The van der Waals surface area contributed by atoms with Crippen molar-refractivity contribution in [3.63, 3.8) is 0 Å². The lowest BCUT2D eigenvalue weighted by molar-refractivity contribution is -0.122. The van der Waals surface area contributed by atoms with Crippen LogP contribution in [0.1, 0.15) is 30.8 Å². The number of hydrogen-bond acceptors (Lipinski definition) is 2. The number of carbonyl (C=O) groups excluding carboxylic acids is 1. The van der Waals surface area contributed by atoms with Gasteiger partial charge in [-0.2, -0.15) is 0 Å². The lowest BCUT2D eigenvalue weighted by Crippen LogP contribution is -2.32. The second kappa shape index (κ2) is 3.91. The maximum atomic E-state index is 11.7. The summed E-state index contributed by atoms with van der Waals surface area (Å²) < 4.78 is 1.44. The summed E-state index contributed by atoms with van der Waals surface area (Å²) in [6, 6.07) is 3.33. The number of aromatic nitrogens is 1. The Morgan fingerprint density at radius 3 is 2.76 bits per heavy atom. The fourth-order valence-corrected chi connectivity index (χ4v) is 1.85. The van der Waals surface area contributed by atoms with Crippen LogP contribution in [0.3, 0.4) is 0 Å². The second-order valence-corrected chi connectivity index (χ2v) is 5.14. The normalized spacial score (nSPS) is 20.9. The summed E-state index contributed by atoms with van der Waals surface area (Å²) in [7, 11) is 0. The molecule has 1 aromatic heterocycles. The van der Waals surface area contributed by atoms with E-state index < -0.39 is 5.97 Å². The summed E-state index contributed by atoms with van der Waals surface area (Å²) in [5, 5.41) is 11.8. The minimum atomic E-state index is -1.02. The number of amides is 1. The van der Waals surface area contributed by atoms with Gasteiger partial charge in [0, 0.05) is 12.2 Å². The van der Waals surface area contributed by atoms with Crippen LogP contribution in [0.2, 0.25) is 0 Å².